The minimum atomic E-state index is -3.93. The van der Waals surface area contributed by atoms with E-state index in [1.807, 2.05) is 13.8 Å². The van der Waals surface area contributed by atoms with Crippen LogP contribution in [0.1, 0.15) is 39.5 Å². The van der Waals surface area contributed by atoms with Gasteiger partial charge >= 0.3 is 5.97 Å². The predicted octanol–water partition coefficient (Wildman–Crippen LogP) is 3.65. The molecule has 2 rings (SSSR count). The van der Waals surface area contributed by atoms with Crippen molar-refractivity contribution in [2.75, 3.05) is 0 Å². The topological polar surface area (TPSA) is 71.4 Å². The Morgan fingerprint density at radius 3 is 2.19 bits per heavy atom. The molecule has 0 radical (unpaired) electrons. The first-order valence-corrected chi connectivity index (χ1v) is 9.25. The van der Waals surface area contributed by atoms with Crippen LogP contribution in [-0.4, -0.2) is 24.2 Å². The van der Waals surface area contributed by atoms with Crippen LogP contribution in [0, 0.1) is 5.41 Å². The van der Waals surface area contributed by atoms with Crippen LogP contribution in [-0.2, 0) is 14.6 Å². The Morgan fingerprint density at radius 2 is 1.76 bits per heavy atom. The van der Waals surface area contributed by atoms with Crippen molar-refractivity contribution < 1.29 is 18.3 Å². The van der Waals surface area contributed by atoms with Gasteiger partial charge in [0.2, 0.25) is 0 Å². The van der Waals surface area contributed by atoms with Gasteiger partial charge in [-0.3, -0.25) is 4.79 Å². The number of carbonyl (C=O) groups is 1. The summed E-state index contributed by atoms with van der Waals surface area (Å²) < 4.78 is 24.5. The second-order valence-electron chi connectivity index (χ2n) is 5.79. The number of aliphatic carboxylic acids is 1. The molecule has 116 valence electrons. The molecule has 1 saturated carbocycles. The van der Waals surface area contributed by atoms with E-state index in [9.17, 15) is 18.3 Å². The highest BCUT2D eigenvalue weighted by molar-refractivity contribution is 9.10. The molecule has 1 fully saturated rings. The molecule has 1 aromatic carbocycles. The van der Waals surface area contributed by atoms with E-state index < -0.39 is 20.6 Å². The number of halogens is 1. The Morgan fingerprint density at radius 1 is 1.24 bits per heavy atom. The molecule has 4 nitrogen and oxygen atoms in total. The Bertz CT molecular complexity index is 654. The van der Waals surface area contributed by atoms with Gasteiger partial charge in [0.05, 0.1) is 4.90 Å². The first-order chi connectivity index (χ1) is 9.74. The van der Waals surface area contributed by atoms with Crippen LogP contribution >= 0.6 is 15.9 Å². The molecule has 0 aliphatic heterocycles. The van der Waals surface area contributed by atoms with Gasteiger partial charge in [-0.15, -0.1) is 0 Å². The average molecular weight is 375 g/mol. The van der Waals surface area contributed by atoms with Crippen molar-refractivity contribution in [3.05, 3.63) is 28.7 Å². The molecule has 1 aliphatic rings. The first-order valence-electron chi connectivity index (χ1n) is 6.97. The van der Waals surface area contributed by atoms with Gasteiger partial charge < -0.3 is 5.11 Å². The largest absolute Gasteiger partial charge is 0.480 e. The fourth-order valence-electron chi connectivity index (χ4n) is 3.24. The van der Waals surface area contributed by atoms with E-state index in [0.29, 0.717) is 4.47 Å². The van der Waals surface area contributed by atoms with E-state index in [-0.39, 0.29) is 23.2 Å². The molecule has 6 heteroatoms. The summed E-state index contributed by atoms with van der Waals surface area (Å²) in [6.45, 7) is 3.97. The van der Waals surface area contributed by atoms with Crippen molar-refractivity contribution in [2.24, 2.45) is 5.41 Å². The van der Waals surface area contributed by atoms with Crippen LogP contribution in [0.15, 0.2) is 33.6 Å². The summed E-state index contributed by atoms with van der Waals surface area (Å²) >= 11 is 3.22. The minimum absolute atomic E-state index is 0.0632. The van der Waals surface area contributed by atoms with Gasteiger partial charge in [-0.05, 0) is 46.3 Å². The molecule has 0 saturated heterocycles. The summed E-state index contributed by atoms with van der Waals surface area (Å²) in [6, 6.07) is 6.40. The number of benzene rings is 1. The fraction of sp³-hybridized carbons (Fsp3) is 0.533. The standard InChI is InChI=1S/C15H19BrO4S/c1-3-14(4-2)9-15(10-14,13(17)18)21(19,20)12-8-6-5-7-11(12)16/h5-8H,3-4,9-10H2,1-2H3,(H,17,18). The van der Waals surface area contributed by atoms with Crippen molar-refractivity contribution in [1.29, 1.82) is 0 Å². The lowest BCUT2D eigenvalue weighted by Crippen LogP contribution is -2.61. The molecular formula is C15H19BrO4S. The number of hydrogen-bond donors (Lipinski definition) is 1. The summed E-state index contributed by atoms with van der Waals surface area (Å²) in [5, 5.41) is 9.60. The Labute approximate surface area is 133 Å². The maximum Gasteiger partial charge on any atom is 0.325 e. The summed E-state index contributed by atoms with van der Waals surface area (Å²) in [6.07, 6.45) is 1.96. The summed E-state index contributed by atoms with van der Waals surface area (Å²) in [4.78, 5) is 11.8. The molecule has 1 aromatic rings. The third-order valence-electron chi connectivity index (χ3n) is 4.85. The van der Waals surface area contributed by atoms with Crippen molar-refractivity contribution in [3.8, 4) is 0 Å². The molecule has 0 bridgehead atoms. The van der Waals surface area contributed by atoms with Crippen LogP contribution in [0.25, 0.3) is 0 Å². The van der Waals surface area contributed by atoms with E-state index >= 15 is 0 Å². The Hall–Kier alpha value is -0.880. The SMILES string of the molecule is CCC1(CC)CC(C(=O)O)(S(=O)(=O)c2ccccc2Br)C1. The normalized spacial score (nSPS) is 19.8. The smallest absolute Gasteiger partial charge is 0.325 e. The summed E-state index contributed by atoms with van der Waals surface area (Å²) in [7, 11) is -3.93. The number of carboxylic acid groups (broad SMARTS) is 1. The molecule has 0 aromatic heterocycles. The maximum atomic E-state index is 12.9. The molecule has 1 N–H and O–H groups in total. The second-order valence-corrected chi connectivity index (χ2v) is 8.88. The van der Waals surface area contributed by atoms with Crippen LogP contribution in [0.3, 0.4) is 0 Å². The molecule has 0 unspecified atom stereocenters. The molecule has 21 heavy (non-hydrogen) atoms. The van der Waals surface area contributed by atoms with Crippen LogP contribution < -0.4 is 0 Å². The van der Waals surface area contributed by atoms with Gasteiger partial charge in [-0.25, -0.2) is 8.42 Å². The quantitative estimate of drug-likeness (QED) is 0.853. The number of rotatable bonds is 5. The van der Waals surface area contributed by atoms with Gasteiger partial charge in [0, 0.05) is 4.47 Å². The third kappa shape index (κ3) is 2.32. The van der Waals surface area contributed by atoms with Gasteiger partial charge in [0.15, 0.2) is 14.6 Å². The first kappa shape index (κ1) is 16.5. The monoisotopic (exact) mass is 374 g/mol. The van der Waals surface area contributed by atoms with E-state index in [0.717, 1.165) is 12.8 Å². The van der Waals surface area contributed by atoms with E-state index in [4.69, 9.17) is 0 Å². The van der Waals surface area contributed by atoms with E-state index in [1.165, 1.54) is 6.07 Å². The number of sulfone groups is 1. The van der Waals surface area contributed by atoms with Crippen LogP contribution in [0.5, 0.6) is 0 Å². The van der Waals surface area contributed by atoms with Crippen LogP contribution in [0.4, 0.5) is 0 Å². The molecule has 0 spiro atoms. The zero-order valence-electron chi connectivity index (χ0n) is 12.1. The van der Waals surface area contributed by atoms with Crippen molar-refractivity contribution in [2.45, 2.75) is 49.2 Å². The van der Waals surface area contributed by atoms with Crippen molar-refractivity contribution in [3.63, 3.8) is 0 Å². The maximum absolute atomic E-state index is 12.9. The third-order valence-corrected chi connectivity index (χ3v) is 8.23. The van der Waals surface area contributed by atoms with Crippen LogP contribution in [0.2, 0.25) is 0 Å². The Kier molecular flexibility index (Phi) is 4.23. The zero-order valence-corrected chi connectivity index (χ0v) is 14.5. The predicted molar refractivity (Wildman–Crippen MR) is 83.9 cm³/mol. The highest BCUT2D eigenvalue weighted by Gasteiger charge is 2.65. The molecular weight excluding hydrogens is 356 g/mol. The second kappa shape index (κ2) is 5.39. The van der Waals surface area contributed by atoms with Gasteiger partial charge in [-0.1, -0.05) is 38.8 Å². The summed E-state index contributed by atoms with van der Waals surface area (Å²) in [5.74, 6) is -1.24. The number of carboxylic acids is 1. The fourth-order valence-corrected chi connectivity index (χ4v) is 6.39. The molecule has 0 amide bonds. The lowest BCUT2D eigenvalue weighted by molar-refractivity contribution is -0.147. The average Bonchev–Trinajstić information content (AvgIpc) is 2.38. The lowest BCUT2D eigenvalue weighted by Gasteiger charge is -2.52. The molecule has 0 atom stereocenters. The minimum Gasteiger partial charge on any atom is -0.480 e. The zero-order chi connectivity index (χ0) is 15.9. The Balaban J connectivity index is 2.51. The van der Waals surface area contributed by atoms with Gasteiger partial charge in [-0.2, -0.15) is 0 Å². The highest BCUT2D eigenvalue weighted by atomic mass is 79.9. The van der Waals surface area contributed by atoms with Gasteiger partial charge in [0.25, 0.3) is 0 Å². The lowest BCUT2D eigenvalue weighted by atomic mass is 9.58. The number of hydrogen-bond acceptors (Lipinski definition) is 3. The van der Waals surface area contributed by atoms with E-state index in [2.05, 4.69) is 15.9 Å². The van der Waals surface area contributed by atoms with E-state index in [1.54, 1.807) is 18.2 Å². The molecule has 1 aliphatic carbocycles. The van der Waals surface area contributed by atoms with Crippen molar-refractivity contribution in [1.82, 2.24) is 0 Å². The summed E-state index contributed by atoms with van der Waals surface area (Å²) in [5.41, 5.74) is -0.174. The highest BCUT2D eigenvalue weighted by Crippen LogP contribution is 2.58. The van der Waals surface area contributed by atoms with Crippen molar-refractivity contribution >= 4 is 31.7 Å². The molecule has 0 heterocycles. The van der Waals surface area contributed by atoms with Gasteiger partial charge in [0.1, 0.15) is 0 Å².